The highest BCUT2D eigenvalue weighted by Crippen LogP contribution is 2.12. The molecule has 0 aromatic carbocycles. The summed E-state index contributed by atoms with van der Waals surface area (Å²) in [7, 11) is 0. The van der Waals surface area contributed by atoms with Crippen molar-refractivity contribution in [3.8, 4) is 0 Å². The summed E-state index contributed by atoms with van der Waals surface area (Å²) in [5.41, 5.74) is 0. The molecule has 1 aliphatic heterocycles. The molecule has 1 fully saturated rings. The molecule has 1 saturated heterocycles. The van der Waals surface area contributed by atoms with E-state index in [2.05, 4.69) is 15.6 Å². The normalized spacial score (nSPS) is 31.8. The van der Waals surface area contributed by atoms with Crippen molar-refractivity contribution in [3.05, 3.63) is 23.4 Å². The maximum Gasteiger partial charge on any atom is 0.126 e. The molecule has 1 aromatic heterocycles. The first-order valence-corrected chi connectivity index (χ1v) is 6.05. The largest absolute Gasteiger partial charge is 0.373 e. The van der Waals surface area contributed by atoms with Gasteiger partial charge in [-0.25, -0.2) is 4.98 Å². The zero-order chi connectivity index (χ0) is 14.0. The van der Waals surface area contributed by atoms with Crippen molar-refractivity contribution in [2.24, 2.45) is 0 Å². The Bertz CT molecular complexity index is 433. The Morgan fingerprint density at radius 3 is 3.06 bits per heavy atom. The van der Waals surface area contributed by atoms with Crippen LogP contribution in [0.2, 0.25) is 5.02 Å². The van der Waals surface area contributed by atoms with Crippen molar-refractivity contribution in [2.45, 2.75) is 32.1 Å². The molecule has 4 nitrogen and oxygen atoms in total. The van der Waals surface area contributed by atoms with Crippen molar-refractivity contribution in [1.82, 2.24) is 10.3 Å². The van der Waals surface area contributed by atoms with E-state index in [1.807, 2.05) is 6.92 Å². The van der Waals surface area contributed by atoms with Gasteiger partial charge in [-0.2, -0.15) is 0 Å². The predicted molar refractivity (Wildman–Crippen MR) is 76.8 cm³/mol. The van der Waals surface area contributed by atoms with Crippen LogP contribution in [0, 0.1) is 0 Å². The smallest absolute Gasteiger partial charge is 0.126 e. The van der Waals surface area contributed by atoms with Crippen molar-refractivity contribution in [1.29, 1.82) is 0 Å². The Morgan fingerprint density at radius 1 is 1.61 bits per heavy atom. The van der Waals surface area contributed by atoms with Gasteiger partial charge in [0.05, 0.1) is 23.3 Å². The fourth-order valence-electron chi connectivity index (χ4n) is 1.70. The van der Waals surface area contributed by atoms with Crippen LogP contribution >= 0.6 is 24.0 Å². The lowest BCUT2D eigenvalue weighted by atomic mass is 10.1. The SMILES string of the molecule is Cl.[2H]C1([2H])N[C@H](CNc2ccc(Cl)cn2)[C@H](C)O[C@@H]1C. The highest BCUT2D eigenvalue weighted by Gasteiger charge is 2.24. The van der Waals surface area contributed by atoms with Crippen LogP contribution in [0.5, 0.6) is 0 Å². The summed E-state index contributed by atoms with van der Waals surface area (Å²) >= 11 is 5.76. The van der Waals surface area contributed by atoms with Crippen LogP contribution in [-0.2, 0) is 4.74 Å². The number of hydrogen-bond donors (Lipinski definition) is 2. The maximum atomic E-state index is 7.83. The number of aromatic nitrogens is 1. The third-order valence-electron chi connectivity index (χ3n) is 2.69. The van der Waals surface area contributed by atoms with Crippen LogP contribution in [-0.4, -0.2) is 36.3 Å². The van der Waals surface area contributed by atoms with Gasteiger partial charge in [0.2, 0.25) is 0 Å². The molecule has 1 aromatic rings. The minimum Gasteiger partial charge on any atom is -0.373 e. The Hall–Kier alpha value is -0.550. The monoisotopic (exact) mass is 293 g/mol. The molecule has 1 aliphatic rings. The van der Waals surface area contributed by atoms with Gasteiger partial charge in [-0.05, 0) is 26.0 Å². The standard InChI is InChI=1S/C12H18ClN3O.ClH/c1-8-5-14-11(9(2)17-8)7-16-12-4-3-10(13)6-15-12;/h3-4,6,8-9,11,14H,5,7H2,1-2H3,(H,15,16);1H/t8-,9+,11-;/m1./s1/i5D2;. The number of pyridine rings is 1. The lowest BCUT2D eigenvalue weighted by Crippen LogP contribution is -2.53. The summed E-state index contributed by atoms with van der Waals surface area (Å²) in [6.07, 6.45) is 1.03. The van der Waals surface area contributed by atoms with E-state index in [4.69, 9.17) is 19.1 Å². The van der Waals surface area contributed by atoms with Gasteiger partial charge in [-0.3, -0.25) is 0 Å². The van der Waals surface area contributed by atoms with Crippen LogP contribution < -0.4 is 10.6 Å². The number of nitrogens with zero attached hydrogens (tertiary/aromatic N) is 1. The minimum atomic E-state index is -1.52. The zero-order valence-electron chi connectivity index (χ0n) is 12.3. The molecule has 0 unspecified atom stereocenters. The fourth-order valence-corrected chi connectivity index (χ4v) is 1.82. The first-order valence-electron chi connectivity index (χ1n) is 6.67. The topological polar surface area (TPSA) is 46.2 Å². The lowest BCUT2D eigenvalue weighted by molar-refractivity contribution is -0.0406. The van der Waals surface area contributed by atoms with Gasteiger partial charge in [0.15, 0.2) is 0 Å². The third-order valence-corrected chi connectivity index (χ3v) is 2.91. The van der Waals surface area contributed by atoms with E-state index >= 15 is 0 Å². The lowest BCUT2D eigenvalue weighted by Gasteiger charge is -2.34. The molecule has 6 heteroatoms. The molecule has 18 heavy (non-hydrogen) atoms. The summed E-state index contributed by atoms with van der Waals surface area (Å²) in [6.45, 7) is 2.67. The fraction of sp³-hybridized carbons (Fsp3) is 0.583. The third kappa shape index (κ3) is 4.28. The molecule has 0 amide bonds. The van der Waals surface area contributed by atoms with Crippen LogP contribution in [0.1, 0.15) is 16.6 Å². The number of rotatable bonds is 3. The first kappa shape index (κ1) is 12.5. The average molecular weight is 294 g/mol. The molecule has 2 rings (SSSR count). The van der Waals surface area contributed by atoms with E-state index in [9.17, 15) is 0 Å². The van der Waals surface area contributed by atoms with Crippen LogP contribution in [0.15, 0.2) is 18.3 Å². The number of hydrogen-bond acceptors (Lipinski definition) is 4. The Balaban J connectivity index is 0.00000200. The molecule has 0 radical (unpaired) electrons. The summed E-state index contributed by atoms with van der Waals surface area (Å²) in [5.74, 6) is 0.706. The summed E-state index contributed by atoms with van der Waals surface area (Å²) in [6, 6.07) is 3.42. The Labute approximate surface area is 122 Å². The van der Waals surface area contributed by atoms with Gasteiger partial charge in [0.25, 0.3) is 0 Å². The Morgan fingerprint density at radius 2 is 2.39 bits per heavy atom. The second-order valence-corrected chi connectivity index (χ2v) is 4.56. The van der Waals surface area contributed by atoms with Crippen molar-refractivity contribution in [2.75, 3.05) is 18.4 Å². The molecular weight excluding hydrogens is 273 g/mol. The number of ether oxygens (including phenoxy) is 1. The van der Waals surface area contributed by atoms with Crippen LogP contribution in [0.4, 0.5) is 5.82 Å². The van der Waals surface area contributed by atoms with Crippen LogP contribution in [0.25, 0.3) is 0 Å². The van der Waals surface area contributed by atoms with E-state index in [1.165, 1.54) is 0 Å². The minimum absolute atomic E-state index is 0. The van der Waals surface area contributed by atoms with Gasteiger partial charge < -0.3 is 15.4 Å². The summed E-state index contributed by atoms with van der Waals surface area (Å²) in [4.78, 5) is 4.13. The van der Waals surface area contributed by atoms with Gasteiger partial charge in [0, 0.05) is 22.0 Å². The maximum absolute atomic E-state index is 7.83. The molecule has 2 N–H and O–H groups in total. The van der Waals surface area contributed by atoms with Gasteiger partial charge >= 0.3 is 0 Å². The molecule has 0 aliphatic carbocycles. The summed E-state index contributed by atoms with van der Waals surface area (Å²) < 4.78 is 21.3. The number of morpholine rings is 1. The molecule has 2 heterocycles. The van der Waals surface area contributed by atoms with E-state index in [0.717, 1.165) is 0 Å². The zero-order valence-corrected chi connectivity index (χ0v) is 11.9. The van der Waals surface area contributed by atoms with Crippen molar-refractivity contribution in [3.63, 3.8) is 0 Å². The molecule has 0 saturated carbocycles. The van der Waals surface area contributed by atoms with Crippen LogP contribution in [0.3, 0.4) is 0 Å². The van der Waals surface area contributed by atoms with Gasteiger partial charge in [-0.15, -0.1) is 12.4 Å². The first-order chi connectivity index (χ1) is 8.88. The second-order valence-electron chi connectivity index (χ2n) is 4.12. The van der Waals surface area contributed by atoms with E-state index in [1.54, 1.807) is 25.3 Å². The molecule has 0 bridgehead atoms. The van der Waals surface area contributed by atoms with Gasteiger partial charge in [0.1, 0.15) is 5.82 Å². The van der Waals surface area contributed by atoms with E-state index < -0.39 is 12.6 Å². The van der Waals surface area contributed by atoms with Crippen molar-refractivity contribution >= 4 is 29.8 Å². The number of anilines is 1. The second kappa shape index (κ2) is 7.14. The number of nitrogens with one attached hydrogen (secondary N) is 2. The highest BCUT2D eigenvalue weighted by molar-refractivity contribution is 6.30. The number of halogens is 2. The van der Waals surface area contributed by atoms with E-state index in [0.29, 0.717) is 17.4 Å². The quantitative estimate of drug-likeness (QED) is 0.898. The molecule has 102 valence electrons. The predicted octanol–water partition coefficient (Wildman–Crippen LogP) is 2.33. The average Bonchev–Trinajstić information content (AvgIpc) is 2.34. The molecule has 0 spiro atoms. The van der Waals surface area contributed by atoms with Crippen molar-refractivity contribution < 1.29 is 7.48 Å². The molecule has 3 atom stereocenters. The van der Waals surface area contributed by atoms with Gasteiger partial charge in [-0.1, -0.05) is 11.6 Å². The Kier molecular flexibility index (Phi) is 4.95. The van der Waals surface area contributed by atoms with E-state index in [-0.39, 0.29) is 24.6 Å². The highest BCUT2D eigenvalue weighted by atomic mass is 35.5. The summed E-state index contributed by atoms with van der Waals surface area (Å²) in [5, 5.41) is 6.70. The molecular formula is C12H19Cl2N3O.